The largest absolute Gasteiger partial charge is 0.0885 e. The maximum atomic E-state index is 3.91. The molecule has 0 amide bonds. The molecule has 27 heavy (non-hydrogen) atoms. The molecule has 0 fully saturated rings. The smallest absolute Gasteiger partial charge is 0.0351 e. The van der Waals surface area contributed by atoms with Gasteiger partial charge >= 0.3 is 0 Å². The first kappa shape index (κ1) is 26.7. The predicted octanol–water partition coefficient (Wildman–Crippen LogP) is 10.2. The van der Waals surface area contributed by atoms with Crippen LogP contribution in [0.25, 0.3) is 0 Å². The summed E-state index contributed by atoms with van der Waals surface area (Å²) in [5.74, 6) is 0. The van der Waals surface area contributed by atoms with Gasteiger partial charge in [0.05, 0.1) is 0 Å². The van der Waals surface area contributed by atoms with E-state index in [9.17, 15) is 0 Å². The second kappa shape index (κ2) is 25.7. The molecule has 0 aliphatic rings. The van der Waals surface area contributed by atoms with E-state index in [1.807, 2.05) is 0 Å². The molecule has 0 aromatic rings. The van der Waals surface area contributed by atoms with Gasteiger partial charge in [-0.3, -0.25) is 0 Å². The molecule has 2 radical (unpaired) electrons. The highest BCUT2D eigenvalue weighted by Gasteiger charge is 1.95. The van der Waals surface area contributed by atoms with Crippen LogP contribution in [0.4, 0.5) is 0 Å². The Morgan fingerprint density at radius 1 is 0.296 bits per heavy atom. The van der Waals surface area contributed by atoms with Gasteiger partial charge in [-0.1, -0.05) is 148 Å². The summed E-state index contributed by atoms with van der Waals surface area (Å²) in [4.78, 5) is 0. The van der Waals surface area contributed by atoms with Crippen LogP contribution in [0, 0.1) is 13.8 Å². The van der Waals surface area contributed by atoms with Gasteiger partial charge in [-0.15, -0.1) is 0 Å². The molecule has 0 nitrogen and oxygen atoms in total. The second-order valence-electron chi connectivity index (χ2n) is 8.47. The maximum Gasteiger partial charge on any atom is -0.0351 e. The number of hydrogen-bond acceptors (Lipinski definition) is 0. The van der Waals surface area contributed by atoms with Crippen molar-refractivity contribution in [2.24, 2.45) is 0 Å². The number of rotatable bonds is 23. The standard InChI is InChI=1S/C27H52/c1-3-5-7-9-11-13-15-17-19-21-23-25-27-26-24-22-20-18-16-14-12-10-8-6-4-2/h7,9H,1-6,8,10-27H2/b9-7+. The van der Waals surface area contributed by atoms with Crippen LogP contribution in [0.5, 0.6) is 0 Å². The van der Waals surface area contributed by atoms with E-state index in [0.29, 0.717) is 0 Å². The Morgan fingerprint density at radius 2 is 0.593 bits per heavy atom. The highest BCUT2D eigenvalue weighted by atomic mass is 14.0. The molecule has 0 aliphatic heterocycles. The number of allylic oxidation sites excluding steroid dienone is 2. The summed E-state index contributed by atoms with van der Waals surface area (Å²) in [6.07, 6.45) is 36.7. The average molecular weight is 377 g/mol. The molecule has 0 aromatic carbocycles. The highest BCUT2D eigenvalue weighted by molar-refractivity contribution is 4.81. The molecule has 0 saturated carbocycles. The fraction of sp³-hybridized carbons (Fsp3) is 0.852. The zero-order valence-electron chi connectivity index (χ0n) is 18.8. The molecule has 0 N–H and O–H groups in total. The van der Waals surface area contributed by atoms with Gasteiger partial charge in [0, 0.05) is 0 Å². The van der Waals surface area contributed by atoms with Crippen molar-refractivity contribution in [3.8, 4) is 0 Å². The summed E-state index contributed by atoms with van der Waals surface area (Å²) >= 11 is 0. The summed E-state index contributed by atoms with van der Waals surface area (Å²) < 4.78 is 0. The summed E-state index contributed by atoms with van der Waals surface area (Å²) in [5, 5.41) is 0. The molecular weight excluding hydrogens is 324 g/mol. The minimum Gasteiger partial charge on any atom is -0.0885 e. The van der Waals surface area contributed by atoms with Crippen LogP contribution < -0.4 is 0 Å². The van der Waals surface area contributed by atoms with Crippen molar-refractivity contribution >= 4 is 0 Å². The second-order valence-corrected chi connectivity index (χ2v) is 8.47. The van der Waals surface area contributed by atoms with Crippen molar-refractivity contribution in [1.82, 2.24) is 0 Å². The van der Waals surface area contributed by atoms with Crippen LogP contribution >= 0.6 is 0 Å². The van der Waals surface area contributed by atoms with Gasteiger partial charge < -0.3 is 0 Å². The quantitative estimate of drug-likeness (QED) is 0.123. The van der Waals surface area contributed by atoms with Gasteiger partial charge in [0.1, 0.15) is 0 Å². The Kier molecular flexibility index (Phi) is 25.5. The van der Waals surface area contributed by atoms with Gasteiger partial charge in [0.25, 0.3) is 0 Å². The van der Waals surface area contributed by atoms with E-state index in [-0.39, 0.29) is 0 Å². The van der Waals surface area contributed by atoms with Gasteiger partial charge in [0.15, 0.2) is 0 Å². The third-order valence-electron chi connectivity index (χ3n) is 5.66. The van der Waals surface area contributed by atoms with E-state index >= 15 is 0 Å². The minimum atomic E-state index is 1.04. The van der Waals surface area contributed by atoms with Crippen LogP contribution in [0.1, 0.15) is 148 Å². The van der Waals surface area contributed by atoms with Gasteiger partial charge in [-0.2, -0.15) is 0 Å². The molecule has 0 rings (SSSR count). The van der Waals surface area contributed by atoms with Crippen molar-refractivity contribution in [3.63, 3.8) is 0 Å². The van der Waals surface area contributed by atoms with Crippen LogP contribution in [-0.2, 0) is 0 Å². The maximum absolute atomic E-state index is 3.91. The molecule has 0 spiro atoms. The van der Waals surface area contributed by atoms with E-state index in [4.69, 9.17) is 0 Å². The minimum absolute atomic E-state index is 1.04. The molecule has 0 aromatic heterocycles. The highest BCUT2D eigenvalue weighted by Crippen LogP contribution is 2.15. The Morgan fingerprint density at radius 3 is 0.926 bits per heavy atom. The van der Waals surface area contributed by atoms with Crippen LogP contribution in [-0.4, -0.2) is 0 Å². The third kappa shape index (κ3) is 25.7. The van der Waals surface area contributed by atoms with E-state index < -0.39 is 0 Å². The fourth-order valence-electron chi connectivity index (χ4n) is 3.80. The Hall–Kier alpha value is -0.260. The average Bonchev–Trinajstić information content (AvgIpc) is 2.68. The van der Waals surface area contributed by atoms with Crippen molar-refractivity contribution in [1.29, 1.82) is 0 Å². The van der Waals surface area contributed by atoms with Crippen LogP contribution in [0.3, 0.4) is 0 Å². The molecular formula is C27H52. The van der Waals surface area contributed by atoms with E-state index in [1.54, 1.807) is 0 Å². The predicted molar refractivity (Wildman–Crippen MR) is 126 cm³/mol. The zero-order valence-corrected chi connectivity index (χ0v) is 18.8. The summed E-state index contributed by atoms with van der Waals surface area (Å²) in [7, 11) is 0. The lowest BCUT2D eigenvalue weighted by atomic mass is 10.0. The lowest BCUT2D eigenvalue weighted by Crippen LogP contribution is -1.84. The van der Waals surface area contributed by atoms with E-state index in [2.05, 4.69) is 26.0 Å². The van der Waals surface area contributed by atoms with Crippen LogP contribution in [0.15, 0.2) is 12.2 Å². The first-order valence-electron chi connectivity index (χ1n) is 12.6. The zero-order chi connectivity index (χ0) is 19.7. The normalized spacial score (nSPS) is 11.6. The van der Waals surface area contributed by atoms with Crippen molar-refractivity contribution in [2.75, 3.05) is 0 Å². The molecule has 0 saturated heterocycles. The number of unbranched alkanes of at least 4 members (excludes halogenated alkanes) is 21. The molecule has 0 bridgehead atoms. The van der Waals surface area contributed by atoms with Gasteiger partial charge in [-0.25, -0.2) is 0 Å². The molecule has 0 heterocycles. The molecule has 160 valence electrons. The Balaban J connectivity index is 2.99. The van der Waals surface area contributed by atoms with Gasteiger partial charge in [-0.05, 0) is 25.7 Å². The van der Waals surface area contributed by atoms with Crippen LogP contribution in [0.2, 0.25) is 0 Å². The fourth-order valence-corrected chi connectivity index (χ4v) is 3.80. The Bertz CT molecular complexity index is 265. The van der Waals surface area contributed by atoms with E-state index in [0.717, 1.165) is 19.3 Å². The van der Waals surface area contributed by atoms with Crippen molar-refractivity contribution < 1.29 is 0 Å². The molecule has 0 aliphatic carbocycles. The Labute approximate surface area is 174 Å². The van der Waals surface area contributed by atoms with E-state index in [1.165, 1.54) is 128 Å². The van der Waals surface area contributed by atoms with Crippen molar-refractivity contribution in [2.45, 2.75) is 148 Å². The van der Waals surface area contributed by atoms with Gasteiger partial charge in [0.2, 0.25) is 0 Å². The summed E-state index contributed by atoms with van der Waals surface area (Å²) in [6.45, 7) is 7.77. The third-order valence-corrected chi connectivity index (χ3v) is 5.66. The SMILES string of the molecule is [CH2]CC/C=C/CCCCCCCCCCCCCCCCCCCCC[CH2]. The molecule has 0 unspecified atom stereocenters. The molecule has 0 atom stereocenters. The van der Waals surface area contributed by atoms with Crippen molar-refractivity contribution in [3.05, 3.63) is 26.0 Å². The number of hydrogen-bond donors (Lipinski definition) is 0. The summed E-state index contributed by atoms with van der Waals surface area (Å²) in [6, 6.07) is 0. The monoisotopic (exact) mass is 376 g/mol. The summed E-state index contributed by atoms with van der Waals surface area (Å²) in [5.41, 5.74) is 0. The first-order valence-corrected chi connectivity index (χ1v) is 12.6. The topological polar surface area (TPSA) is 0 Å². The molecule has 0 heteroatoms. The lowest BCUT2D eigenvalue weighted by molar-refractivity contribution is 0.522. The first-order chi connectivity index (χ1) is 13.4. The lowest BCUT2D eigenvalue weighted by Gasteiger charge is -2.04.